The average molecular weight is 331 g/mol. The lowest BCUT2D eigenvalue weighted by atomic mass is 9.99. The summed E-state index contributed by atoms with van der Waals surface area (Å²) in [5.74, 6) is -1.37. The Kier molecular flexibility index (Phi) is 5.31. The van der Waals surface area contributed by atoms with E-state index in [2.05, 4.69) is 0 Å². The van der Waals surface area contributed by atoms with Crippen molar-refractivity contribution in [3.8, 4) is 0 Å². The first-order valence-electron chi connectivity index (χ1n) is 6.99. The van der Waals surface area contributed by atoms with Crippen molar-refractivity contribution in [2.75, 3.05) is 26.0 Å². The van der Waals surface area contributed by atoms with Crippen molar-refractivity contribution in [1.82, 2.24) is 4.31 Å². The molecule has 1 aromatic carbocycles. The quantitative estimate of drug-likeness (QED) is 0.832. The van der Waals surface area contributed by atoms with E-state index in [0.717, 1.165) is 0 Å². The van der Waals surface area contributed by atoms with Crippen LogP contribution in [0, 0.1) is 11.6 Å². The van der Waals surface area contributed by atoms with Gasteiger partial charge in [-0.1, -0.05) is 12.1 Å². The third-order valence-electron chi connectivity index (χ3n) is 3.70. The molecule has 122 valence electrons. The molecular weight excluding hydrogens is 312 g/mol. The minimum absolute atomic E-state index is 0.0650. The second-order valence-corrected chi connectivity index (χ2v) is 7.27. The molecule has 0 amide bonds. The number of nitrogens with zero attached hydrogens (tertiary/aromatic N) is 1. The van der Waals surface area contributed by atoms with Gasteiger partial charge in [-0.2, -0.15) is 4.31 Å². The molecule has 0 aromatic heterocycles. The minimum atomic E-state index is -3.44. The molecule has 0 radical (unpaired) electrons. The van der Waals surface area contributed by atoms with E-state index in [9.17, 15) is 17.2 Å². The van der Waals surface area contributed by atoms with E-state index >= 15 is 0 Å². The second kappa shape index (κ2) is 6.85. The summed E-state index contributed by atoms with van der Waals surface area (Å²) in [6.07, 6.45) is 1.44. The highest BCUT2D eigenvalue weighted by Gasteiger charge is 2.27. The van der Waals surface area contributed by atoms with Gasteiger partial charge >= 0.3 is 0 Å². The van der Waals surface area contributed by atoms with Gasteiger partial charge in [0.05, 0.1) is 11.9 Å². The zero-order valence-corrected chi connectivity index (χ0v) is 13.4. The largest absolute Gasteiger partial charge is 0.381 e. The molecule has 22 heavy (non-hydrogen) atoms. The lowest BCUT2D eigenvalue weighted by Gasteiger charge is -2.27. The molecule has 0 N–H and O–H groups in total. The first-order chi connectivity index (χ1) is 10.3. The molecule has 1 aromatic rings. The van der Waals surface area contributed by atoms with Crippen LogP contribution in [0.4, 0.5) is 8.78 Å². The maximum atomic E-state index is 13.8. The van der Waals surface area contributed by atoms with E-state index in [4.69, 9.17) is 4.74 Å². The van der Waals surface area contributed by atoms with Gasteiger partial charge in [0.15, 0.2) is 0 Å². The summed E-state index contributed by atoms with van der Waals surface area (Å²) in [7, 11) is -1.99. The molecule has 0 aliphatic carbocycles. The molecule has 1 atom stereocenters. The Morgan fingerprint density at radius 2 is 1.95 bits per heavy atom. The van der Waals surface area contributed by atoms with Gasteiger partial charge in [-0.3, -0.25) is 0 Å². The molecule has 0 unspecified atom stereocenters. The van der Waals surface area contributed by atoms with Gasteiger partial charge in [0.25, 0.3) is 0 Å². The molecule has 0 saturated carbocycles. The van der Waals surface area contributed by atoms with Crippen molar-refractivity contribution in [3.63, 3.8) is 0 Å². The number of ether oxygens (including phenoxy) is 1. The van der Waals surface area contributed by atoms with Crippen LogP contribution in [0.25, 0.3) is 5.57 Å². The van der Waals surface area contributed by atoms with Crippen LogP contribution in [0.1, 0.15) is 18.9 Å². The summed E-state index contributed by atoms with van der Waals surface area (Å²) in [5, 5.41) is 0. The van der Waals surface area contributed by atoms with Gasteiger partial charge in [-0.05, 0) is 31.1 Å². The molecule has 4 nitrogen and oxygen atoms in total. The summed E-state index contributed by atoms with van der Waals surface area (Å²) in [6, 6.07) is 3.70. The first kappa shape index (κ1) is 17.1. The van der Waals surface area contributed by atoms with Crippen molar-refractivity contribution < 1.29 is 21.9 Å². The summed E-state index contributed by atoms with van der Waals surface area (Å²) in [5.41, 5.74) is 0.437. The third kappa shape index (κ3) is 3.71. The summed E-state index contributed by atoms with van der Waals surface area (Å²) < 4.78 is 58.2. The van der Waals surface area contributed by atoms with Crippen LogP contribution >= 0.6 is 0 Å². The number of hydrogen-bond donors (Lipinski definition) is 0. The Hall–Kier alpha value is -1.31. The van der Waals surface area contributed by atoms with Crippen molar-refractivity contribution in [2.24, 2.45) is 0 Å². The molecule has 0 spiro atoms. The number of halogens is 2. The van der Waals surface area contributed by atoms with Crippen LogP contribution in [0.15, 0.2) is 24.3 Å². The van der Waals surface area contributed by atoms with E-state index in [1.807, 2.05) is 0 Å². The molecule has 0 bridgehead atoms. The Morgan fingerprint density at radius 1 is 1.32 bits per heavy atom. The predicted molar refractivity (Wildman–Crippen MR) is 80.8 cm³/mol. The number of hydrogen-bond acceptors (Lipinski definition) is 3. The van der Waals surface area contributed by atoms with Gasteiger partial charge in [0.2, 0.25) is 10.0 Å². The van der Waals surface area contributed by atoms with Crippen LogP contribution in [0.5, 0.6) is 0 Å². The van der Waals surface area contributed by atoms with Crippen LogP contribution in [0.2, 0.25) is 0 Å². The molecule has 0 fully saturated rings. The fraction of sp³-hybridized carbons (Fsp3) is 0.467. The zero-order chi connectivity index (χ0) is 16.3. The lowest BCUT2D eigenvalue weighted by molar-refractivity contribution is 0.135. The van der Waals surface area contributed by atoms with Crippen LogP contribution < -0.4 is 0 Å². The lowest BCUT2D eigenvalue weighted by Crippen LogP contribution is -2.39. The first-order valence-corrected chi connectivity index (χ1v) is 8.60. The molecule has 7 heteroatoms. The number of rotatable bonds is 5. The highest BCUT2D eigenvalue weighted by atomic mass is 32.2. The standard InChI is InChI=1S/C15H19F2NO3S/c1-11(21-2)10-22(19,20)18-8-6-12(7-9-18)15-13(16)4-3-5-14(15)17/h3-6,11H,7-10H2,1-2H3/t11-/m1/s1. The van der Waals surface area contributed by atoms with Crippen molar-refractivity contribution in [3.05, 3.63) is 41.5 Å². The molecule has 0 saturated heterocycles. The van der Waals surface area contributed by atoms with Gasteiger partial charge in [-0.15, -0.1) is 0 Å². The zero-order valence-electron chi connectivity index (χ0n) is 12.6. The van der Waals surface area contributed by atoms with E-state index in [0.29, 0.717) is 5.57 Å². The predicted octanol–water partition coefficient (Wildman–Crippen LogP) is 2.42. The summed E-state index contributed by atoms with van der Waals surface area (Å²) >= 11 is 0. The molecular formula is C15H19F2NO3S. The van der Waals surface area contributed by atoms with Crippen LogP contribution in [-0.2, 0) is 14.8 Å². The molecule has 2 rings (SSSR count). The fourth-order valence-electron chi connectivity index (χ4n) is 2.40. The van der Waals surface area contributed by atoms with Crippen molar-refractivity contribution in [2.45, 2.75) is 19.4 Å². The van der Waals surface area contributed by atoms with Gasteiger partial charge in [0.1, 0.15) is 11.6 Å². The van der Waals surface area contributed by atoms with Gasteiger partial charge < -0.3 is 4.74 Å². The van der Waals surface area contributed by atoms with E-state index < -0.39 is 27.8 Å². The third-order valence-corrected chi connectivity index (χ3v) is 5.71. The van der Waals surface area contributed by atoms with Gasteiger partial charge in [-0.25, -0.2) is 17.2 Å². The summed E-state index contributed by atoms with van der Waals surface area (Å²) in [4.78, 5) is 0. The van der Waals surface area contributed by atoms with E-state index in [-0.39, 0.29) is 30.8 Å². The number of benzene rings is 1. The molecule has 1 heterocycles. The highest BCUT2D eigenvalue weighted by Crippen LogP contribution is 2.28. The van der Waals surface area contributed by atoms with Crippen LogP contribution in [0.3, 0.4) is 0 Å². The Morgan fingerprint density at radius 3 is 2.45 bits per heavy atom. The van der Waals surface area contributed by atoms with Crippen molar-refractivity contribution >= 4 is 15.6 Å². The number of sulfonamides is 1. The SMILES string of the molecule is CO[C@H](C)CS(=O)(=O)N1CC=C(c2c(F)cccc2F)CC1. The Bertz CT molecular complexity index is 653. The maximum absolute atomic E-state index is 13.8. The minimum Gasteiger partial charge on any atom is -0.381 e. The molecule has 1 aliphatic heterocycles. The average Bonchev–Trinajstić information content (AvgIpc) is 2.47. The normalized spacial score (nSPS) is 18.1. The van der Waals surface area contributed by atoms with E-state index in [1.165, 1.54) is 29.6 Å². The van der Waals surface area contributed by atoms with Gasteiger partial charge in [0, 0.05) is 25.8 Å². The smallest absolute Gasteiger partial charge is 0.216 e. The fourth-order valence-corrected chi connectivity index (χ4v) is 4.02. The van der Waals surface area contributed by atoms with Crippen molar-refractivity contribution in [1.29, 1.82) is 0 Å². The van der Waals surface area contributed by atoms with E-state index in [1.54, 1.807) is 13.0 Å². The second-order valence-electron chi connectivity index (χ2n) is 5.26. The maximum Gasteiger partial charge on any atom is 0.216 e. The van der Waals surface area contributed by atoms with Crippen LogP contribution in [-0.4, -0.2) is 44.8 Å². The Labute approximate surface area is 129 Å². The number of methoxy groups -OCH3 is 1. The topological polar surface area (TPSA) is 46.6 Å². The Balaban J connectivity index is 2.16. The highest BCUT2D eigenvalue weighted by molar-refractivity contribution is 7.89. The monoisotopic (exact) mass is 331 g/mol. The molecule has 1 aliphatic rings. The summed E-state index contributed by atoms with van der Waals surface area (Å²) in [6.45, 7) is 2.00.